The van der Waals surface area contributed by atoms with Gasteiger partial charge in [-0.1, -0.05) is 24.3 Å². The molecule has 0 unspecified atom stereocenters. The molecule has 0 aliphatic heterocycles. The molecule has 0 bridgehead atoms. The zero-order valence-electron chi connectivity index (χ0n) is 9.90. The summed E-state index contributed by atoms with van der Waals surface area (Å²) in [5.74, 6) is -1.39. The molecule has 17 heavy (non-hydrogen) atoms. The van der Waals surface area contributed by atoms with Crippen molar-refractivity contribution in [3.05, 3.63) is 29.8 Å². The van der Waals surface area contributed by atoms with Gasteiger partial charge in [0.2, 0.25) is 0 Å². The number of carboxylic acid groups (broad SMARTS) is 1. The van der Waals surface area contributed by atoms with E-state index >= 15 is 0 Å². The number of carbonyl (C=O) groups is 1. The Morgan fingerprint density at radius 3 is 1.94 bits per heavy atom. The summed E-state index contributed by atoms with van der Waals surface area (Å²) in [6.45, 7) is 0. The van der Waals surface area contributed by atoms with E-state index in [4.69, 9.17) is 5.73 Å². The van der Waals surface area contributed by atoms with Crippen molar-refractivity contribution in [2.45, 2.75) is 12.5 Å². The van der Waals surface area contributed by atoms with Crippen LogP contribution in [0.15, 0.2) is 24.3 Å². The first-order valence-electron chi connectivity index (χ1n) is 3.82. The number of rotatable bonds is 3. The molecule has 0 spiro atoms. The first kappa shape index (κ1) is 26.0. The maximum Gasteiger partial charge on any atom is 1.00 e. The van der Waals surface area contributed by atoms with Crippen LogP contribution in [0.1, 0.15) is 5.56 Å². The average Bonchev–Trinajstić information content (AvgIpc) is 2.08. The monoisotopic (exact) mass is 261 g/mol. The number of benzene rings is 1. The SMILES string of the molecule is N[C@@H](Cc1ccc([O-])cc1)C(=O)[O-].O.O.[Na+].[Na+]. The molecule has 1 aromatic carbocycles. The van der Waals surface area contributed by atoms with Crippen LogP contribution >= 0.6 is 0 Å². The van der Waals surface area contributed by atoms with Crippen LogP contribution in [0.25, 0.3) is 0 Å². The second-order valence-corrected chi connectivity index (χ2v) is 2.77. The van der Waals surface area contributed by atoms with Gasteiger partial charge in [0, 0.05) is 6.04 Å². The van der Waals surface area contributed by atoms with Crippen molar-refractivity contribution in [2.75, 3.05) is 0 Å². The van der Waals surface area contributed by atoms with Crippen molar-refractivity contribution in [3.8, 4) is 5.75 Å². The number of carbonyl (C=O) groups excluding carboxylic acids is 1. The molecule has 8 heteroatoms. The smallest absolute Gasteiger partial charge is 0.872 e. The van der Waals surface area contributed by atoms with Crippen LogP contribution in [0.5, 0.6) is 5.75 Å². The molecule has 1 aromatic rings. The van der Waals surface area contributed by atoms with Gasteiger partial charge in [-0.05, 0) is 12.0 Å². The minimum Gasteiger partial charge on any atom is -0.872 e. The van der Waals surface area contributed by atoms with E-state index in [0.29, 0.717) is 0 Å². The minimum absolute atomic E-state index is 0. The minimum atomic E-state index is -1.29. The summed E-state index contributed by atoms with van der Waals surface area (Å²) < 4.78 is 0. The topological polar surface area (TPSA) is 152 Å². The van der Waals surface area contributed by atoms with Crippen LogP contribution in [0, 0.1) is 0 Å². The molecule has 0 amide bonds. The quantitative estimate of drug-likeness (QED) is 0.537. The van der Waals surface area contributed by atoms with E-state index in [9.17, 15) is 15.0 Å². The van der Waals surface area contributed by atoms with Crippen molar-refractivity contribution in [3.63, 3.8) is 0 Å². The summed E-state index contributed by atoms with van der Waals surface area (Å²) in [5, 5.41) is 21.0. The van der Waals surface area contributed by atoms with E-state index in [-0.39, 0.29) is 82.2 Å². The molecule has 0 radical (unpaired) electrons. The first-order chi connectivity index (χ1) is 6.09. The fourth-order valence-corrected chi connectivity index (χ4v) is 0.963. The number of carboxylic acids is 1. The summed E-state index contributed by atoms with van der Waals surface area (Å²) in [7, 11) is 0. The maximum atomic E-state index is 10.7. The van der Waals surface area contributed by atoms with E-state index in [1.807, 2.05) is 0 Å². The van der Waals surface area contributed by atoms with Gasteiger partial charge in [0.15, 0.2) is 0 Å². The molecule has 0 saturated carbocycles. The van der Waals surface area contributed by atoms with Crippen LogP contribution in [0.4, 0.5) is 0 Å². The summed E-state index contributed by atoms with van der Waals surface area (Å²) in [4.78, 5) is 10.3. The van der Waals surface area contributed by atoms with E-state index < -0.39 is 12.0 Å². The molecular formula is C9H13NNa2O5. The molecule has 1 rings (SSSR count). The van der Waals surface area contributed by atoms with E-state index in [0.717, 1.165) is 5.56 Å². The fraction of sp³-hybridized carbons (Fsp3) is 0.222. The summed E-state index contributed by atoms with van der Waals surface area (Å²) in [5.41, 5.74) is 5.97. The zero-order valence-corrected chi connectivity index (χ0v) is 13.9. The van der Waals surface area contributed by atoms with Crippen molar-refractivity contribution >= 4 is 5.97 Å². The Hall–Kier alpha value is 0.370. The average molecular weight is 261 g/mol. The standard InChI is InChI=1S/C9H11NO3.2Na.2H2O/c10-8(9(12)13)5-6-1-3-7(11)4-2-6;;;;/h1-4,8,11H,5,10H2,(H,12,13);;;2*1H2/q;2*+1;;/p-2/t8-;;;;/m0..../s1. The number of hydrogen-bond donors (Lipinski definition) is 1. The van der Waals surface area contributed by atoms with Gasteiger partial charge in [-0.2, -0.15) is 0 Å². The molecular weight excluding hydrogens is 248 g/mol. The van der Waals surface area contributed by atoms with Crippen molar-refractivity contribution in [1.29, 1.82) is 0 Å². The maximum absolute atomic E-state index is 10.7. The molecule has 0 saturated heterocycles. The van der Waals surface area contributed by atoms with Crippen molar-refractivity contribution < 1.29 is 85.1 Å². The molecule has 0 aromatic heterocycles. The summed E-state index contributed by atoms with van der Waals surface area (Å²) in [6.07, 6.45) is 0.183. The number of aliphatic carboxylic acids is 1. The third-order valence-electron chi connectivity index (χ3n) is 1.68. The van der Waals surface area contributed by atoms with Gasteiger partial charge in [0.25, 0.3) is 0 Å². The van der Waals surface area contributed by atoms with Crippen LogP contribution in [-0.2, 0) is 11.2 Å². The van der Waals surface area contributed by atoms with Crippen LogP contribution in [0.2, 0.25) is 0 Å². The van der Waals surface area contributed by atoms with Gasteiger partial charge in [-0.25, -0.2) is 0 Å². The van der Waals surface area contributed by atoms with E-state index in [1.54, 1.807) is 12.1 Å². The Morgan fingerprint density at radius 1 is 1.18 bits per heavy atom. The van der Waals surface area contributed by atoms with Crippen LogP contribution in [-0.4, -0.2) is 23.0 Å². The molecule has 6 nitrogen and oxygen atoms in total. The third-order valence-corrected chi connectivity index (χ3v) is 1.68. The van der Waals surface area contributed by atoms with Gasteiger partial charge < -0.3 is 31.7 Å². The van der Waals surface area contributed by atoms with Gasteiger partial charge in [0.05, 0.1) is 5.97 Å². The van der Waals surface area contributed by atoms with Crippen molar-refractivity contribution in [2.24, 2.45) is 5.73 Å². The number of hydrogen-bond acceptors (Lipinski definition) is 4. The molecule has 0 aliphatic rings. The predicted molar refractivity (Wildman–Crippen MR) is 49.8 cm³/mol. The van der Waals surface area contributed by atoms with Gasteiger partial charge in [-0.15, -0.1) is 5.75 Å². The Morgan fingerprint density at radius 2 is 1.59 bits per heavy atom. The molecule has 0 aliphatic carbocycles. The van der Waals surface area contributed by atoms with Gasteiger partial charge >= 0.3 is 59.1 Å². The Labute approximate surface area is 143 Å². The van der Waals surface area contributed by atoms with Crippen molar-refractivity contribution in [1.82, 2.24) is 0 Å². The third kappa shape index (κ3) is 10.0. The molecule has 0 heterocycles. The molecule has 86 valence electrons. The Bertz CT molecular complexity index is 307. The fourth-order valence-electron chi connectivity index (χ4n) is 0.963. The van der Waals surface area contributed by atoms with Gasteiger partial charge in [0.1, 0.15) is 0 Å². The second kappa shape index (κ2) is 12.8. The zero-order chi connectivity index (χ0) is 9.84. The normalized spacial score (nSPS) is 9.47. The molecule has 1 atom stereocenters. The summed E-state index contributed by atoms with van der Waals surface area (Å²) >= 11 is 0. The summed E-state index contributed by atoms with van der Waals surface area (Å²) in [6, 6.07) is 4.85. The molecule has 6 N–H and O–H groups in total. The van der Waals surface area contributed by atoms with E-state index in [1.165, 1.54) is 12.1 Å². The second-order valence-electron chi connectivity index (χ2n) is 2.77. The largest absolute Gasteiger partial charge is 1.00 e. The molecule has 0 fully saturated rings. The predicted octanol–water partition coefficient (Wildman–Crippen LogP) is -9.26. The van der Waals surface area contributed by atoms with Crippen LogP contribution in [0.3, 0.4) is 0 Å². The van der Waals surface area contributed by atoms with Gasteiger partial charge in [-0.3, -0.25) is 0 Å². The Kier molecular flexibility index (Phi) is 19.6. The van der Waals surface area contributed by atoms with E-state index in [2.05, 4.69) is 0 Å². The first-order valence-corrected chi connectivity index (χ1v) is 3.82. The van der Waals surface area contributed by atoms with Crippen LogP contribution < -0.4 is 75.1 Å². The number of nitrogens with two attached hydrogens (primary N) is 1. The Balaban J connectivity index is -0.000000211.